The molecule has 1 aliphatic heterocycles. The van der Waals surface area contributed by atoms with Crippen LogP contribution < -0.4 is 16.2 Å². The van der Waals surface area contributed by atoms with E-state index >= 15 is 0 Å². The number of hydrogen-bond acceptors (Lipinski definition) is 6. The van der Waals surface area contributed by atoms with Gasteiger partial charge in [-0.15, -0.1) is 0 Å². The van der Waals surface area contributed by atoms with Gasteiger partial charge >= 0.3 is 6.18 Å². The highest BCUT2D eigenvalue weighted by Gasteiger charge is 2.42. The lowest BCUT2D eigenvalue weighted by Crippen LogP contribution is -2.46. The summed E-state index contributed by atoms with van der Waals surface area (Å²) in [6.07, 6.45) is 3.60. The van der Waals surface area contributed by atoms with Crippen molar-refractivity contribution in [1.82, 2.24) is 14.9 Å². The Kier molecular flexibility index (Phi) is 10.7. The third-order valence-electron chi connectivity index (χ3n) is 8.63. The third-order valence-corrected chi connectivity index (χ3v) is 8.63. The number of nitrogens with zero attached hydrogens (tertiary/aromatic N) is 2. The van der Waals surface area contributed by atoms with Gasteiger partial charge in [0.25, 0.3) is 5.56 Å². The molecule has 2 N–H and O–H groups in total. The van der Waals surface area contributed by atoms with Crippen molar-refractivity contribution in [1.29, 1.82) is 0 Å². The second kappa shape index (κ2) is 14.0. The molecule has 8 nitrogen and oxygen atoms in total. The molecule has 42 heavy (non-hydrogen) atoms. The number of nitrogens with one attached hydrogen (secondary N) is 2. The predicted octanol–water partition coefficient (Wildman–Crippen LogP) is 6.23. The summed E-state index contributed by atoms with van der Waals surface area (Å²) >= 11 is 0. The lowest BCUT2D eigenvalue weighted by atomic mass is 9.75. The fourth-order valence-electron chi connectivity index (χ4n) is 6.33. The molecule has 2 amide bonds. The number of ether oxygens (including phenoxy) is 1. The molecular formula is C31H43F3N4O4. The molecule has 1 saturated heterocycles. The van der Waals surface area contributed by atoms with Crippen LogP contribution in [0.5, 0.6) is 0 Å². The molecule has 1 aromatic heterocycles. The highest BCUT2D eigenvalue weighted by Crippen LogP contribution is 2.36. The van der Waals surface area contributed by atoms with Crippen LogP contribution >= 0.6 is 0 Å². The first-order valence-electron chi connectivity index (χ1n) is 15.3. The number of amides is 2. The van der Waals surface area contributed by atoms with Crippen molar-refractivity contribution >= 4 is 28.4 Å². The van der Waals surface area contributed by atoms with Gasteiger partial charge in [0.05, 0.1) is 17.0 Å². The van der Waals surface area contributed by atoms with Crippen LogP contribution in [0.3, 0.4) is 0 Å². The Hall–Kier alpha value is -2.95. The zero-order valence-electron chi connectivity index (χ0n) is 24.8. The number of carbonyl (C=O) groups excluding carboxylic acids is 2. The number of anilines is 1. The van der Waals surface area contributed by atoms with Gasteiger partial charge in [-0.2, -0.15) is 13.2 Å². The predicted molar refractivity (Wildman–Crippen MR) is 155 cm³/mol. The van der Waals surface area contributed by atoms with Gasteiger partial charge in [0.1, 0.15) is 6.04 Å². The summed E-state index contributed by atoms with van der Waals surface area (Å²) in [6, 6.07) is 3.05. The number of piperidine rings is 1. The third kappa shape index (κ3) is 7.71. The summed E-state index contributed by atoms with van der Waals surface area (Å²) in [7, 11) is 0. The summed E-state index contributed by atoms with van der Waals surface area (Å²) in [5.74, 6) is -0.969. The van der Waals surface area contributed by atoms with Gasteiger partial charge in [0.15, 0.2) is 0 Å². The standard InChI is InChI=1S/C31H43F3N4O4/c1-19(2)21-13-12-20(3)18-25(21)42-17-8-6-4-5-7-16-35-22-10-9-11-23-27(22)29(41)38(30(36-23)31(32,33)34)24-14-15-26(39)37-28(24)40/h9-11,19-21,24-25,35H,4-8,12-18H2,1-3H3,(H,37,39,40)/t20?,21?,24-,25?/m0/s1. The first kappa shape index (κ1) is 32.0. The van der Waals surface area contributed by atoms with Crippen molar-refractivity contribution in [3.8, 4) is 0 Å². The number of alkyl halides is 3. The Morgan fingerprint density at radius 3 is 2.52 bits per heavy atom. The normalized spacial score (nSPS) is 23.4. The summed E-state index contributed by atoms with van der Waals surface area (Å²) in [5.41, 5.74) is -0.695. The SMILES string of the molecule is CC1CCC(C(C)C)C(OCCCCCCCNc2cccc3nc(C(F)(F)F)n([C@H]4CCC(=O)NC4=O)c(=O)c23)C1. The molecule has 1 aliphatic carbocycles. The maximum absolute atomic E-state index is 13.9. The van der Waals surface area contributed by atoms with Crippen molar-refractivity contribution in [2.45, 2.75) is 103 Å². The molecule has 2 aromatic rings. The average Bonchev–Trinajstić information content (AvgIpc) is 2.92. The molecular weight excluding hydrogens is 549 g/mol. The monoisotopic (exact) mass is 592 g/mol. The van der Waals surface area contributed by atoms with Gasteiger partial charge in [-0.1, -0.05) is 52.5 Å². The van der Waals surface area contributed by atoms with Gasteiger partial charge < -0.3 is 10.1 Å². The molecule has 232 valence electrons. The number of unbranched alkanes of at least 4 members (excludes halogenated alkanes) is 4. The van der Waals surface area contributed by atoms with Gasteiger partial charge in [-0.05, 0) is 62.0 Å². The number of halogens is 3. The Balaban J connectivity index is 1.32. The van der Waals surface area contributed by atoms with Crippen LogP contribution in [-0.2, 0) is 20.5 Å². The van der Waals surface area contributed by atoms with E-state index in [0.717, 1.165) is 51.0 Å². The minimum Gasteiger partial charge on any atom is -0.384 e. The Morgan fingerprint density at radius 1 is 1.07 bits per heavy atom. The minimum atomic E-state index is -4.96. The van der Waals surface area contributed by atoms with E-state index in [9.17, 15) is 27.6 Å². The fourth-order valence-corrected chi connectivity index (χ4v) is 6.33. The van der Waals surface area contributed by atoms with E-state index < -0.39 is 35.4 Å². The molecule has 11 heteroatoms. The number of carbonyl (C=O) groups is 2. The zero-order chi connectivity index (χ0) is 30.4. The number of rotatable bonds is 12. The molecule has 0 bridgehead atoms. The van der Waals surface area contributed by atoms with E-state index in [1.165, 1.54) is 18.9 Å². The quantitative estimate of drug-likeness (QED) is 0.224. The topological polar surface area (TPSA) is 102 Å². The van der Waals surface area contributed by atoms with E-state index in [0.29, 0.717) is 34.7 Å². The number of benzene rings is 1. The lowest BCUT2D eigenvalue weighted by Gasteiger charge is -2.37. The van der Waals surface area contributed by atoms with Crippen molar-refractivity contribution in [3.63, 3.8) is 0 Å². The molecule has 2 heterocycles. The van der Waals surface area contributed by atoms with Gasteiger partial charge in [-0.3, -0.25) is 24.3 Å². The summed E-state index contributed by atoms with van der Waals surface area (Å²) in [5, 5.41) is 5.21. The van der Waals surface area contributed by atoms with Crippen LogP contribution in [0.2, 0.25) is 0 Å². The highest BCUT2D eigenvalue weighted by molar-refractivity contribution is 5.99. The summed E-state index contributed by atoms with van der Waals surface area (Å²) < 4.78 is 48.5. The first-order valence-corrected chi connectivity index (χ1v) is 15.3. The molecule has 3 unspecified atom stereocenters. The Bertz CT molecular complexity index is 1310. The van der Waals surface area contributed by atoms with Gasteiger partial charge in [0, 0.05) is 25.3 Å². The Morgan fingerprint density at radius 2 is 1.81 bits per heavy atom. The molecule has 2 fully saturated rings. The molecule has 1 saturated carbocycles. The van der Waals surface area contributed by atoms with E-state index in [1.54, 1.807) is 12.1 Å². The largest absolute Gasteiger partial charge is 0.449 e. The molecule has 0 spiro atoms. The Labute approximate surface area is 244 Å². The maximum Gasteiger partial charge on any atom is 0.449 e. The van der Waals surface area contributed by atoms with Crippen molar-refractivity contribution < 1.29 is 27.5 Å². The van der Waals surface area contributed by atoms with Crippen molar-refractivity contribution in [3.05, 3.63) is 34.4 Å². The van der Waals surface area contributed by atoms with Crippen LogP contribution in [0.1, 0.15) is 96.8 Å². The highest BCUT2D eigenvalue weighted by atomic mass is 19.4. The van der Waals surface area contributed by atoms with Crippen LogP contribution in [0.15, 0.2) is 23.0 Å². The number of imide groups is 1. The molecule has 2 aliphatic rings. The van der Waals surface area contributed by atoms with E-state index in [-0.39, 0.29) is 23.7 Å². The molecule has 1 aromatic carbocycles. The van der Waals surface area contributed by atoms with Crippen LogP contribution in [0.25, 0.3) is 10.9 Å². The fraction of sp³-hybridized carbons (Fsp3) is 0.677. The van der Waals surface area contributed by atoms with Crippen molar-refractivity contribution in [2.75, 3.05) is 18.5 Å². The summed E-state index contributed by atoms with van der Waals surface area (Å²) in [6.45, 7) is 8.19. The first-order chi connectivity index (χ1) is 20.0. The molecule has 4 atom stereocenters. The second-order valence-electron chi connectivity index (χ2n) is 12.2. The van der Waals surface area contributed by atoms with Gasteiger partial charge in [-0.25, -0.2) is 4.98 Å². The molecule has 0 radical (unpaired) electrons. The lowest BCUT2D eigenvalue weighted by molar-refractivity contribution is -0.150. The zero-order valence-corrected chi connectivity index (χ0v) is 24.8. The maximum atomic E-state index is 13.9. The van der Waals surface area contributed by atoms with Crippen molar-refractivity contribution in [2.24, 2.45) is 17.8 Å². The number of aromatic nitrogens is 2. The average molecular weight is 593 g/mol. The smallest absolute Gasteiger partial charge is 0.384 e. The minimum absolute atomic E-state index is 0.0101. The number of hydrogen-bond donors (Lipinski definition) is 2. The van der Waals surface area contributed by atoms with Crippen LogP contribution in [-0.4, -0.2) is 40.6 Å². The van der Waals surface area contributed by atoms with Crippen LogP contribution in [0, 0.1) is 17.8 Å². The van der Waals surface area contributed by atoms with E-state index in [2.05, 4.69) is 31.1 Å². The van der Waals surface area contributed by atoms with E-state index in [4.69, 9.17) is 4.74 Å². The second-order valence-corrected chi connectivity index (χ2v) is 12.2. The molecule has 4 rings (SSSR count). The van der Waals surface area contributed by atoms with E-state index in [1.807, 2.05) is 5.32 Å². The van der Waals surface area contributed by atoms with Gasteiger partial charge in [0.2, 0.25) is 17.6 Å². The van der Waals surface area contributed by atoms with Crippen LogP contribution in [0.4, 0.5) is 18.9 Å². The summed E-state index contributed by atoms with van der Waals surface area (Å²) in [4.78, 5) is 41.2. The number of fused-ring (bicyclic) bond motifs is 1.